The molecule has 2 saturated carbocycles. The average Bonchev–Trinajstić information content (AvgIpc) is 3.58. The predicted molar refractivity (Wildman–Crippen MR) is 98.0 cm³/mol. The molecule has 1 aromatic heterocycles. The first kappa shape index (κ1) is 17.0. The van der Waals surface area contributed by atoms with Crippen LogP contribution < -0.4 is 5.56 Å². The second-order valence-corrected chi connectivity index (χ2v) is 8.56. The molecule has 1 aromatic rings. The van der Waals surface area contributed by atoms with Crippen LogP contribution in [0.1, 0.15) is 61.5 Å². The molecule has 1 atom stereocenters. The molecule has 2 aliphatic carbocycles. The number of nitrogens with zero attached hydrogens (tertiary/aromatic N) is 3. The normalized spacial score (nSPS) is 25.3. The van der Waals surface area contributed by atoms with Crippen molar-refractivity contribution in [1.29, 1.82) is 0 Å². The molecule has 0 bridgehead atoms. The van der Waals surface area contributed by atoms with Crippen molar-refractivity contribution < 1.29 is 9.59 Å². The Labute approximate surface area is 158 Å². The van der Waals surface area contributed by atoms with E-state index in [0.29, 0.717) is 37.4 Å². The molecule has 0 radical (unpaired) electrons. The molecule has 27 heavy (non-hydrogen) atoms. The number of nitrogens with one attached hydrogen (secondary N) is 1. The largest absolute Gasteiger partial charge is 0.342 e. The van der Waals surface area contributed by atoms with E-state index in [1.165, 1.54) is 0 Å². The number of amides is 2. The summed E-state index contributed by atoms with van der Waals surface area (Å²) in [5.74, 6) is 1.68. The number of hydrogen-bond acceptors (Lipinski definition) is 4. The van der Waals surface area contributed by atoms with Crippen molar-refractivity contribution in [3.63, 3.8) is 0 Å². The Kier molecular flexibility index (Phi) is 4.06. The van der Waals surface area contributed by atoms with Gasteiger partial charge < -0.3 is 14.8 Å². The number of fused-ring (bicyclic) bond motifs is 1. The second kappa shape index (κ2) is 6.46. The van der Waals surface area contributed by atoms with Crippen molar-refractivity contribution >= 4 is 11.8 Å². The van der Waals surface area contributed by atoms with Gasteiger partial charge in [0, 0.05) is 43.8 Å². The van der Waals surface area contributed by atoms with E-state index in [1.54, 1.807) is 0 Å². The van der Waals surface area contributed by atoms with E-state index >= 15 is 0 Å². The van der Waals surface area contributed by atoms with Gasteiger partial charge in [0.25, 0.3) is 5.56 Å². The standard InChI is InChI=1S/C20H26N4O3/c25-18-15-11-24(20(27)13-5-6-13)9-7-16(15)21-17(22-18)14-2-1-8-23(10-14)19(26)12-3-4-12/h12-14H,1-11H2,(H,21,22,25)/t14-/m0/s1. The molecule has 7 nitrogen and oxygen atoms in total. The first-order chi connectivity index (χ1) is 13.1. The van der Waals surface area contributed by atoms with Gasteiger partial charge in [-0.1, -0.05) is 0 Å². The first-order valence-corrected chi connectivity index (χ1v) is 10.3. The summed E-state index contributed by atoms with van der Waals surface area (Å²) in [6, 6.07) is 0. The van der Waals surface area contributed by atoms with E-state index in [4.69, 9.17) is 4.98 Å². The van der Waals surface area contributed by atoms with Gasteiger partial charge >= 0.3 is 0 Å². The molecule has 0 spiro atoms. The van der Waals surface area contributed by atoms with Crippen LogP contribution in [0.3, 0.4) is 0 Å². The molecule has 2 aliphatic heterocycles. The summed E-state index contributed by atoms with van der Waals surface area (Å²) < 4.78 is 0. The third-order valence-corrected chi connectivity index (χ3v) is 6.37. The Morgan fingerprint density at radius 1 is 0.963 bits per heavy atom. The van der Waals surface area contributed by atoms with Crippen LogP contribution in [0.2, 0.25) is 0 Å². The highest BCUT2D eigenvalue weighted by Gasteiger charge is 2.37. The Bertz CT molecular complexity index is 840. The van der Waals surface area contributed by atoms with Crippen LogP contribution in [0.4, 0.5) is 0 Å². The van der Waals surface area contributed by atoms with Crippen LogP contribution in [0.15, 0.2) is 4.79 Å². The molecule has 0 aromatic carbocycles. The number of hydrogen-bond donors (Lipinski definition) is 1. The van der Waals surface area contributed by atoms with Gasteiger partial charge in [-0.15, -0.1) is 0 Å². The average molecular weight is 370 g/mol. The molecule has 2 amide bonds. The van der Waals surface area contributed by atoms with Gasteiger partial charge in [-0.05, 0) is 38.5 Å². The number of H-pyrrole nitrogens is 1. The summed E-state index contributed by atoms with van der Waals surface area (Å²) in [6.07, 6.45) is 6.53. The summed E-state index contributed by atoms with van der Waals surface area (Å²) in [7, 11) is 0. The van der Waals surface area contributed by atoms with Crippen LogP contribution in [0.5, 0.6) is 0 Å². The van der Waals surface area contributed by atoms with Gasteiger partial charge in [0.15, 0.2) is 0 Å². The van der Waals surface area contributed by atoms with Crippen molar-refractivity contribution in [1.82, 2.24) is 19.8 Å². The topological polar surface area (TPSA) is 86.4 Å². The summed E-state index contributed by atoms with van der Waals surface area (Å²) >= 11 is 0. The maximum Gasteiger partial charge on any atom is 0.256 e. The SMILES string of the molecule is O=C(C1CC1)N1CCc2nc([C@H]3CCCN(C(=O)C4CC4)C3)[nH]c(=O)c2C1. The zero-order valence-corrected chi connectivity index (χ0v) is 15.6. The van der Waals surface area contributed by atoms with Crippen LogP contribution >= 0.6 is 0 Å². The Morgan fingerprint density at radius 3 is 2.37 bits per heavy atom. The second-order valence-electron chi connectivity index (χ2n) is 8.56. The summed E-state index contributed by atoms with van der Waals surface area (Å²) in [4.78, 5) is 48.9. The molecule has 0 unspecified atom stereocenters. The molecule has 7 heteroatoms. The van der Waals surface area contributed by atoms with Crippen LogP contribution in [-0.4, -0.2) is 51.2 Å². The van der Waals surface area contributed by atoms with E-state index < -0.39 is 0 Å². The van der Waals surface area contributed by atoms with Gasteiger partial charge in [0.1, 0.15) is 5.82 Å². The lowest BCUT2D eigenvalue weighted by Gasteiger charge is -2.33. The highest BCUT2D eigenvalue weighted by molar-refractivity contribution is 5.81. The highest BCUT2D eigenvalue weighted by atomic mass is 16.2. The number of carbonyl (C=O) groups is 2. The van der Waals surface area contributed by atoms with Crippen molar-refractivity contribution in [3.05, 3.63) is 27.4 Å². The van der Waals surface area contributed by atoms with E-state index in [0.717, 1.165) is 50.8 Å². The fourth-order valence-corrected chi connectivity index (χ4v) is 4.40. The monoisotopic (exact) mass is 370 g/mol. The maximum atomic E-state index is 12.7. The molecular weight excluding hydrogens is 344 g/mol. The van der Waals surface area contributed by atoms with Gasteiger partial charge in [0.2, 0.25) is 11.8 Å². The minimum absolute atomic E-state index is 0.102. The predicted octanol–water partition coefficient (Wildman–Crippen LogP) is 1.18. The van der Waals surface area contributed by atoms with Crippen LogP contribution in [0, 0.1) is 11.8 Å². The summed E-state index contributed by atoms with van der Waals surface area (Å²) in [5, 5.41) is 0. The summed E-state index contributed by atoms with van der Waals surface area (Å²) in [6.45, 7) is 2.50. The fourth-order valence-electron chi connectivity index (χ4n) is 4.40. The molecule has 144 valence electrons. The highest BCUT2D eigenvalue weighted by Crippen LogP contribution is 2.34. The molecule has 1 N–H and O–H groups in total. The summed E-state index contributed by atoms with van der Waals surface area (Å²) in [5.41, 5.74) is 1.36. The molecule has 4 aliphatic rings. The lowest BCUT2D eigenvalue weighted by atomic mass is 9.96. The van der Waals surface area contributed by atoms with Crippen molar-refractivity contribution in [2.75, 3.05) is 19.6 Å². The fraction of sp³-hybridized carbons (Fsp3) is 0.700. The van der Waals surface area contributed by atoms with Crippen molar-refractivity contribution in [2.24, 2.45) is 11.8 Å². The smallest absolute Gasteiger partial charge is 0.256 e. The third kappa shape index (κ3) is 3.28. The van der Waals surface area contributed by atoms with Gasteiger partial charge in [-0.25, -0.2) is 4.98 Å². The Balaban J connectivity index is 1.34. The van der Waals surface area contributed by atoms with Crippen molar-refractivity contribution in [2.45, 2.75) is 57.4 Å². The van der Waals surface area contributed by atoms with E-state index in [2.05, 4.69) is 4.98 Å². The minimum atomic E-state index is -0.117. The number of rotatable bonds is 3. The van der Waals surface area contributed by atoms with E-state index in [9.17, 15) is 14.4 Å². The molecular formula is C20H26N4O3. The van der Waals surface area contributed by atoms with Gasteiger partial charge in [0.05, 0.1) is 17.8 Å². The van der Waals surface area contributed by atoms with Gasteiger partial charge in [-0.3, -0.25) is 14.4 Å². The first-order valence-electron chi connectivity index (χ1n) is 10.3. The lowest BCUT2D eigenvalue weighted by Crippen LogP contribution is -2.42. The number of carbonyl (C=O) groups excluding carboxylic acids is 2. The quantitative estimate of drug-likeness (QED) is 0.866. The molecule has 1 saturated heterocycles. The molecule has 3 heterocycles. The number of likely N-dealkylation sites (tertiary alicyclic amines) is 1. The maximum absolute atomic E-state index is 12.7. The zero-order chi connectivity index (χ0) is 18.5. The number of aromatic nitrogens is 2. The zero-order valence-electron chi connectivity index (χ0n) is 15.6. The van der Waals surface area contributed by atoms with Crippen LogP contribution in [0.25, 0.3) is 0 Å². The number of aromatic amines is 1. The minimum Gasteiger partial charge on any atom is -0.342 e. The van der Waals surface area contributed by atoms with E-state index in [1.807, 2.05) is 9.80 Å². The lowest BCUT2D eigenvalue weighted by molar-refractivity contribution is -0.134. The third-order valence-electron chi connectivity index (χ3n) is 6.37. The van der Waals surface area contributed by atoms with E-state index in [-0.39, 0.29) is 35.1 Å². The van der Waals surface area contributed by atoms with Crippen molar-refractivity contribution in [3.8, 4) is 0 Å². The Morgan fingerprint density at radius 2 is 1.67 bits per heavy atom. The Hall–Kier alpha value is -2.18. The molecule has 3 fully saturated rings. The van der Waals surface area contributed by atoms with Gasteiger partial charge in [-0.2, -0.15) is 0 Å². The molecule has 5 rings (SSSR count). The number of piperidine rings is 1. The van der Waals surface area contributed by atoms with Crippen LogP contribution in [-0.2, 0) is 22.6 Å².